The minimum Gasteiger partial charge on any atom is -0.465 e. The Balaban J connectivity index is 1.63. The number of ether oxygens (including phenoxy) is 1. The first kappa shape index (κ1) is 17.6. The van der Waals surface area contributed by atoms with Gasteiger partial charge in [-0.15, -0.1) is 11.3 Å². The molecule has 0 atom stereocenters. The van der Waals surface area contributed by atoms with E-state index in [9.17, 15) is 9.59 Å². The first-order valence-corrected chi connectivity index (χ1v) is 9.06. The lowest BCUT2D eigenvalue weighted by Crippen LogP contribution is -2.48. The average molecular weight is 362 g/mol. The minimum absolute atomic E-state index is 0.00143. The van der Waals surface area contributed by atoms with E-state index < -0.39 is 5.97 Å². The van der Waals surface area contributed by atoms with Crippen molar-refractivity contribution in [2.75, 3.05) is 44.7 Å². The summed E-state index contributed by atoms with van der Waals surface area (Å²) in [5, 5.41) is 3.00. The van der Waals surface area contributed by atoms with E-state index in [2.05, 4.69) is 19.8 Å². The van der Waals surface area contributed by atoms with Gasteiger partial charge < -0.3 is 14.6 Å². The van der Waals surface area contributed by atoms with E-state index in [1.807, 2.05) is 11.6 Å². The number of H-pyrrole nitrogens is 1. The van der Waals surface area contributed by atoms with E-state index in [-0.39, 0.29) is 5.78 Å². The van der Waals surface area contributed by atoms with Crippen LogP contribution in [0.5, 0.6) is 0 Å². The quantitative estimate of drug-likeness (QED) is 0.646. The minimum atomic E-state index is -0.414. The molecule has 1 fully saturated rings. The van der Waals surface area contributed by atoms with Gasteiger partial charge in [-0.3, -0.25) is 9.69 Å². The summed E-state index contributed by atoms with van der Waals surface area (Å²) >= 11 is 1.63. The molecule has 1 saturated heterocycles. The number of nitrogens with one attached hydrogen (secondary N) is 1. The number of aromatic nitrogens is 2. The second-order valence-electron chi connectivity index (χ2n) is 6.12. The van der Waals surface area contributed by atoms with Crippen LogP contribution in [0.15, 0.2) is 11.6 Å². The van der Waals surface area contributed by atoms with E-state index in [0.29, 0.717) is 29.1 Å². The number of rotatable bonds is 5. The molecule has 1 aliphatic rings. The van der Waals surface area contributed by atoms with Gasteiger partial charge in [0.1, 0.15) is 0 Å². The summed E-state index contributed by atoms with van der Waals surface area (Å²) in [6.45, 7) is 7.25. The van der Waals surface area contributed by atoms with Gasteiger partial charge in [-0.05, 0) is 19.4 Å². The number of thiazole rings is 1. The molecular weight excluding hydrogens is 340 g/mol. The van der Waals surface area contributed by atoms with E-state index in [4.69, 9.17) is 4.74 Å². The number of Topliss-reactive ketones (excluding diaryl/α,β-unsaturated/α-hetero) is 1. The highest BCUT2D eigenvalue weighted by Crippen LogP contribution is 2.21. The lowest BCUT2D eigenvalue weighted by Gasteiger charge is -2.34. The normalized spacial score (nSPS) is 15.4. The number of piperazine rings is 1. The first-order valence-electron chi connectivity index (χ1n) is 8.18. The Bertz CT molecular complexity index is 761. The lowest BCUT2D eigenvalue weighted by molar-refractivity contribution is 0.0599. The Morgan fingerprint density at radius 1 is 1.28 bits per heavy atom. The van der Waals surface area contributed by atoms with Gasteiger partial charge in [-0.1, -0.05) is 0 Å². The Morgan fingerprint density at radius 3 is 2.60 bits per heavy atom. The predicted octanol–water partition coefficient (Wildman–Crippen LogP) is 1.88. The Hall–Kier alpha value is -2.19. The summed E-state index contributed by atoms with van der Waals surface area (Å²) in [5.74, 6) is -0.416. The van der Waals surface area contributed by atoms with Crippen LogP contribution < -0.4 is 4.90 Å². The fourth-order valence-corrected chi connectivity index (χ4v) is 3.89. The van der Waals surface area contributed by atoms with Crippen LogP contribution >= 0.6 is 11.3 Å². The van der Waals surface area contributed by atoms with Gasteiger partial charge in [0.05, 0.1) is 24.9 Å². The number of carbonyl (C=O) groups is 2. The molecule has 3 heterocycles. The van der Waals surface area contributed by atoms with Crippen molar-refractivity contribution in [3.05, 3.63) is 34.1 Å². The van der Waals surface area contributed by atoms with Crippen LogP contribution in [0.3, 0.4) is 0 Å². The summed E-state index contributed by atoms with van der Waals surface area (Å²) in [7, 11) is 1.34. The molecule has 7 nitrogen and oxygen atoms in total. The van der Waals surface area contributed by atoms with Crippen LogP contribution in [-0.4, -0.2) is 66.5 Å². The molecule has 25 heavy (non-hydrogen) atoms. The second kappa shape index (κ2) is 7.37. The molecule has 0 amide bonds. The third-order valence-electron chi connectivity index (χ3n) is 4.54. The number of esters is 1. The molecule has 2 aromatic rings. The smallest absolute Gasteiger partial charge is 0.339 e. The number of hydrogen-bond donors (Lipinski definition) is 1. The zero-order chi connectivity index (χ0) is 18.0. The molecule has 2 aromatic heterocycles. The summed E-state index contributed by atoms with van der Waals surface area (Å²) in [5.41, 5.74) is 2.29. The topological polar surface area (TPSA) is 78.5 Å². The highest BCUT2D eigenvalue weighted by atomic mass is 32.1. The van der Waals surface area contributed by atoms with Crippen molar-refractivity contribution < 1.29 is 14.3 Å². The molecular formula is C17H22N4O3S. The molecule has 0 spiro atoms. The van der Waals surface area contributed by atoms with E-state index in [1.165, 1.54) is 7.11 Å². The maximum atomic E-state index is 12.7. The zero-order valence-electron chi connectivity index (χ0n) is 14.7. The summed E-state index contributed by atoms with van der Waals surface area (Å²) in [6, 6.07) is 0. The predicted molar refractivity (Wildman–Crippen MR) is 96.7 cm³/mol. The first-order chi connectivity index (χ1) is 12.0. The Kier molecular flexibility index (Phi) is 5.19. The van der Waals surface area contributed by atoms with Gasteiger partial charge in [0, 0.05) is 43.4 Å². The van der Waals surface area contributed by atoms with Crippen molar-refractivity contribution in [3.8, 4) is 0 Å². The highest BCUT2D eigenvalue weighted by Gasteiger charge is 2.25. The molecule has 3 rings (SSSR count). The van der Waals surface area contributed by atoms with E-state index in [1.54, 1.807) is 25.2 Å². The van der Waals surface area contributed by atoms with Crippen molar-refractivity contribution >= 4 is 28.2 Å². The number of aryl methyl sites for hydroxylation is 1. The van der Waals surface area contributed by atoms with Crippen molar-refractivity contribution in [3.63, 3.8) is 0 Å². The molecule has 0 aliphatic carbocycles. The summed E-state index contributed by atoms with van der Waals surface area (Å²) in [6.07, 6.45) is 1.81. The monoisotopic (exact) mass is 362 g/mol. The largest absolute Gasteiger partial charge is 0.465 e. The molecule has 1 N–H and O–H groups in total. The molecule has 1 aliphatic heterocycles. The summed E-state index contributed by atoms with van der Waals surface area (Å²) in [4.78, 5) is 36.3. The maximum Gasteiger partial charge on any atom is 0.339 e. The number of methoxy groups -OCH3 is 1. The lowest BCUT2D eigenvalue weighted by atomic mass is 10.1. The molecule has 0 aromatic carbocycles. The van der Waals surface area contributed by atoms with Gasteiger partial charge in [-0.2, -0.15) is 0 Å². The van der Waals surface area contributed by atoms with Crippen LogP contribution in [0, 0.1) is 13.8 Å². The molecule has 0 radical (unpaired) electrons. The van der Waals surface area contributed by atoms with Crippen LogP contribution in [0.25, 0.3) is 0 Å². The average Bonchev–Trinajstić information content (AvgIpc) is 3.23. The number of ketones is 1. The van der Waals surface area contributed by atoms with Gasteiger partial charge in [-0.25, -0.2) is 9.78 Å². The molecule has 0 saturated carbocycles. The van der Waals surface area contributed by atoms with Gasteiger partial charge in [0.2, 0.25) is 0 Å². The van der Waals surface area contributed by atoms with Crippen molar-refractivity contribution in [2.24, 2.45) is 0 Å². The molecule has 0 bridgehead atoms. The van der Waals surface area contributed by atoms with E-state index >= 15 is 0 Å². The number of nitrogens with zero attached hydrogens (tertiary/aromatic N) is 3. The van der Waals surface area contributed by atoms with Crippen LogP contribution in [0.2, 0.25) is 0 Å². The molecule has 8 heteroatoms. The Morgan fingerprint density at radius 2 is 2.00 bits per heavy atom. The molecule has 134 valence electrons. The number of carbonyl (C=O) groups excluding carboxylic acids is 2. The maximum absolute atomic E-state index is 12.7. The number of anilines is 1. The van der Waals surface area contributed by atoms with Gasteiger partial charge in [0.25, 0.3) is 0 Å². The fourth-order valence-electron chi connectivity index (χ4n) is 3.19. The molecule has 0 unspecified atom stereocenters. The van der Waals surface area contributed by atoms with Crippen molar-refractivity contribution in [1.29, 1.82) is 0 Å². The van der Waals surface area contributed by atoms with E-state index in [0.717, 1.165) is 31.3 Å². The second-order valence-corrected chi connectivity index (χ2v) is 6.99. The van der Waals surface area contributed by atoms with Gasteiger partial charge >= 0.3 is 5.97 Å². The third-order valence-corrected chi connectivity index (χ3v) is 5.37. The third kappa shape index (κ3) is 3.59. The number of hydrogen-bond acceptors (Lipinski definition) is 7. The van der Waals surface area contributed by atoms with Crippen molar-refractivity contribution in [1.82, 2.24) is 14.9 Å². The van der Waals surface area contributed by atoms with Gasteiger partial charge in [0.15, 0.2) is 10.9 Å². The van der Waals surface area contributed by atoms with Crippen LogP contribution in [0.1, 0.15) is 32.1 Å². The fraction of sp³-hybridized carbons (Fsp3) is 0.471. The SMILES string of the molecule is COC(=O)c1c(C)[nH]c(C(=O)CN2CCN(c3nccs3)CC2)c1C. The standard InChI is InChI=1S/C17H22N4O3S/c1-11-14(16(23)24-3)12(2)19-15(11)13(22)10-20-5-7-21(8-6-20)17-18-4-9-25-17/h4,9,19H,5-8,10H2,1-3H3. The zero-order valence-corrected chi connectivity index (χ0v) is 15.5. The number of aromatic amines is 1. The van der Waals surface area contributed by atoms with Crippen LogP contribution in [0.4, 0.5) is 5.13 Å². The van der Waals surface area contributed by atoms with Crippen molar-refractivity contribution in [2.45, 2.75) is 13.8 Å². The van der Waals surface area contributed by atoms with Crippen LogP contribution in [-0.2, 0) is 4.74 Å². The highest BCUT2D eigenvalue weighted by molar-refractivity contribution is 7.13. The Labute approximate surface area is 150 Å². The summed E-state index contributed by atoms with van der Waals surface area (Å²) < 4.78 is 4.80.